The molecule has 0 saturated carbocycles. The number of fused-ring (bicyclic) bond motifs is 1. The fraction of sp³-hybridized carbons (Fsp3) is 0.400. The molecule has 0 radical (unpaired) electrons. The second-order valence-electron chi connectivity index (χ2n) is 5.40. The van der Waals surface area contributed by atoms with Gasteiger partial charge in [-0.2, -0.15) is 0 Å². The first-order chi connectivity index (χ1) is 8.44. The molecule has 1 N–H and O–H groups in total. The fourth-order valence-electron chi connectivity index (χ4n) is 1.98. The molecule has 2 aromatic rings. The summed E-state index contributed by atoms with van der Waals surface area (Å²) in [7, 11) is 3.95. The van der Waals surface area contributed by atoms with Gasteiger partial charge in [0, 0.05) is 28.9 Å². The van der Waals surface area contributed by atoms with Crippen molar-refractivity contribution in [2.45, 2.75) is 25.5 Å². The molecule has 1 atom stereocenters. The Morgan fingerprint density at radius 2 is 1.83 bits per heavy atom. The average molecular weight is 244 g/mol. The van der Waals surface area contributed by atoms with Crippen LogP contribution in [0, 0.1) is 0 Å². The normalized spacial score (nSPS) is 14.1. The molecule has 1 unspecified atom stereocenters. The number of rotatable bonds is 3. The highest BCUT2D eigenvalue weighted by Gasteiger charge is 2.32. The van der Waals surface area contributed by atoms with Crippen molar-refractivity contribution in [3.8, 4) is 0 Å². The van der Waals surface area contributed by atoms with Gasteiger partial charge in [-0.25, -0.2) is 0 Å². The van der Waals surface area contributed by atoms with Crippen molar-refractivity contribution < 1.29 is 5.11 Å². The molecule has 0 aliphatic rings. The molecule has 3 heteroatoms. The van der Waals surface area contributed by atoms with Crippen molar-refractivity contribution in [2.24, 2.45) is 0 Å². The summed E-state index contributed by atoms with van der Waals surface area (Å²) in [6.45, 7) is 4.05. The van der Waals surface area contributed by atoms with Crippen molar-refractivity contribution >= 4 is 10.8 Å². The smallest absolute Gasteiger partial charge is 0.0988 e. The van der Waals surface area contributed by atoms with E-state index < -0.39 is 6.10 Å². The Labute approximate surface area is 108 Å². The lowest BCUT2D eigenvalue weighted by molar-refractivity contribution is 0.0171. The number of aliphatic hydroxyl groups excluding tert-OH is 1. The molecule has 2 rings (SSSR count). The van der Waals surface area contributed by atoms with E-state index in [2.05, 4.69) is 4.98 Å². The van der Waals surface area contributed by atoms with Crippen molar-refractivity contribution in [1.29, 1.82) is 0 Å². The maximum absolute atomic E-state index is 10.6. The maximum Gasteiger partial charge on any atom is 0.0988 e. The number of aromatic nitrogens is 1. The van der Waals surface area contributed by atoms with Gasteiger partial charge in [-0.05, 0) is 33.3 Å². The molecular formula is C15H20N2O. The summed E-state index contributed by atoms with van der Waals surface area (Å²) in [4.78, 5) is 6.26. The van der Waals surface area contributed by atoms with Crippen LogP contribution in [0.15, 0.2) is 36.7 Å². The summed E-state index contributed by atoms with van der Waals surface area (Å²) in [6.07, 6.45) is 3.01. The first-order valence-corrected chi connectivity index (χ1v) is 6.12. The minimum Gasteiger partial charge on any atom is -0.386 e. The summed E-state index contributed by atoms with van der Waals surface area (Å²) in [6, 6.07) is 8.01. The van der Waals surface area contributed by atoms with Gasteiger partial charge in [-0.1, -0.05) is 24.3 Å². The van der Waals surface area contributed by atoms with Crippen LogP contribution in [0.4, 0.5) is 0 Å². The minimum atomic E-state index is -0.578. The predicted molar refractivity (Wildman–Crippen MR) is 74.5 cm³/mol. The zero-order valence-electron chi connectivity index (χ0n) is 11.4. The average Bonchev–Trinajstić information content (AvgIpc) is 2.37. The maximum atomic E-state index is 10.6. The Balaban J connectivity index is 2.55. The van der Waals surface area contributed by atoms with Gasteiger partial charge >= 0.3 is 0 Å². The predicted octanol–water partition coefficient (Wildman–Crippen LogP) is 2.61. The van der Waals surface area contributed by atoms with Gasteiger partial charge in [0.05, 0.1) is 6.10 Å². The van der Waals surface area contributed by atoms with Crippen molar-refractivity contribution in [3.05, 3.63) is 42.2 Å². The summed E-state index contributed by atoms with van der Waals surface area (Å²) in [5, 5.41) is 12.8. The van der Waals surface area contributed by atoms with Crippen LogP contribution in [0.3, 0.4) is 0 Å². The van der Waals surface area contributed by atoms with Crippen LogP contribution in [0.25, 0.3) is 10.8 Å². The number of aliphatic hydroxyl groups is 1. The van der Waals surface area contributed by atoms with Crippen LogP contribution in [0.2, 0.25) is 0 Å². The molecule has 0 saturated heterocycles. The molecule has 1 heterocycles. The van der Waals surface area contributed by atoms with Crippen molar-refractivity contribution in [1.82, 2.24) is 9.88 Å². The summed E-state index contributed by atoms with van der Waals surface area (Å²) in [5.74, 6) is 0. The number of pyridine rings is 1. The molecule has 18 heavy (non-hydrogen) atoms. The van der Waals surface area contributed by atoms with E-state index in [9.17, 15) is 5.11 Å². The molecule has 1 aromatic heterocycles. The van der Waals surface area contributed by atoms with Crippen molar-refractivity contribution in [2.75, 3.05) is 14.1 Å². The third-order valence-electron chi connectivity index (χ3n) is 3.82. The zero-order valence-corrected chi connectivity index (χ0v) is 11.4. The van der Waals surface area contributed by atoms with Gasteiger partial charge in [0.1, 0.15) is 0 Å². The molecule has 3 nitrogen and oxygen atoms in total. The van der Waals surface area contributed by atoms with Crippen LogP contribution >= 0.6 is 0 Å². The van der Waals surface area contributed by atoms with Crippen LogP contribution < -0.4 is 0 Å². The van der Waals surface area contributed by atoms with E-state index >= 15 is 0 Å². The molecule has 1 aromatic carbocycles. The number of benzene rings is 1. The first-order valence-electron chi connectivity index (χ1n) is 6.12. The largest absolute Gasteiger partial charge is 0.386 e. The van der Waals surface area contributed by atoms with E-state index in [-0.39, 0.29) is 5.54 Å². The van der Waals surface area contributed by atoms with Crippen molar-refractivity contribution in [3.63, 3.8) is 0 Å². The molecule has 0 aliphatic heterocycles. The quantitative estimate of drug-likeness (QED) is 0.901. The van der Waals surface area contributed by atoms with Gasteiger partial charge in [0.15, 0.2) is 0 Å². The molecule has 0 spiro atoms. The summed E-state index contributed by atoms with van der Waals surface area (Å²) >= 11 is 0. The van der Waals surface area contributed by atoms with Crippen LogP contribution in [0.5, 0.6) is 0 Å². The third kappa shape index (κ3) is 2.11. The third-order valence-corrected chi connectivity index (χ3v) is 3.82. The Hall–Kier alpha value is -1.45. The molecule has 0 aliphatic carbocycles. The van der Waals surface area contributed by atoms with Gasteiger partial charge in [-0.15, -0.1) is 0 Å². The molecule has 0 fully saturated rings. The summed E-state index contributed by atoms with van der Waals surface area (Å²) < 4.78 is 0. The number of hydrogen-bond acceptors (Lipinski definition) is 3. The molecule has 96 valence electrons. The summed E-state index contributed by atoms with van der Waals surface area (Å²) in [5.41, 5.74) is 0.540. The second-order valence-corrected chi connectivity index (χ2v) is 5.40. The van der Waals surface area contributed by atoms with Crippen LogP contribution in [0.1, 0.15) is 25.5 Å². The van der Waals surface area contributed by atoms with E-state index in [0.717, 1.165) is 16.3 Å². The second kappa shape index (κ2) is 4.67. The lowest BCUT2D eigenvalue weighted by atomic mass is 9.89. The lowest BCUT2D eigenvalue weighted by Crippen LogP contribution is -2.43. The van der Waals surface area contributed by atoms with E-state index in [4.69, 9.17) is 0 Å². The highest BCUT2D eigenvalue weighted by atomic mass is 16.3. The lowest BCUT2D eigenvalue weighted by Gasteiger charge is -2.37. The van der Waals surface area contributed by atoms with E-state index in [1.165, 1.54) is 0 Å². The Kier molecular flexibility index (Phi) is 3.37. The zero-order chi connectivity index (χ0) is 13.3. The van der Waals surface area contributed by atoms with E-state index in [1.54, 1.807) is 6.20 Å². The van der Waals surface area contributed by atoms with Crippen LogP contribution in [-0.4, -0.2) is 34.6 Å². The van der Waals surface area contributed by atoms with Gasteiger partial charge < -0.3 is 10.0 Å². The van der Waals surface area contributed by atoms with Gasteiger partial charge in [-0.3, -0.25) is 4.98 Å². The fourth-order valence-corrected chi connectivity index (χ4v) is 1.98. The molecular weight excluding hydrogens is 224 g/mol. The van der Waals surface area contributed by atoms with Crippen LogP contribution in [-0.2, 0) is 0 Å². The SMILES string of the molecule is CN(C)C(C)(C)C(O)c1cncc2ccccc12. The minimum absolute atomic E-state index is 0.341. The number of likely N-dealkylation sites (N-methyl/N-ethyl adjacent to an activating group) is 1. The van der Waals surface area contributed by atoms with E-state index in [1.807, 2.05) is 63.3 Å². The van der Waals surface area contributed by atoms with E-state index in [0.29, 0.717) is 0 Å². The molecule has 0 bridgehead atoms. The monoisotopic (exact) mass is 244 g/mol. The topological polar surface area (TPSA) is 36.4 Å². The van der Waals surface area contributed by atoms with Gasteiger partial charge in [0.2, 0.25) is 0 Å². The first kappa shape index (κ1) is 13.0. The number of nitrogens with zero attached hydrogens (tertiary/aromatic N) is 2. The highest BCUT2D eigenvalue weighted by molar-refractivity contribution is 5.85. The Morgan fingerprint density at radius 3 is 2.50 bits per heavy atom. The number of hydrogen-bond donors (Lipinski definition) is 1. The van der Waals surface area contributed by atoms with Gasteiger partial charge in [0.25, 0.3) is 0 Å². The highest BCUT2D eigenvalue weighted by Crippen LogP contribution is 2.32. The molecule has 0 amide bonds. The standard InChI is InChI=1S/C15H20N2O/c1-15(2,17(3)4)14(18)13-10-16-9-11-7-5-6-8-12(11)13/h5-10,14,18H,1-4H3. The Bertz CT molecular complexity index is 544. The Morgan fingerprint density at radius 1 is 1.17 bits per heavy atom.